The van der Waals surface area contributed by atoms with E-state index in [1.54, 1.807) is 12.1 Å². The van der Waals surface area contributed by atoms with E-state index < -0.39 is 0 Å². The van der Waals surface area contributed by atoms with Crippen molar-refractivity contribution in [3.8, 4) is 0 Å². The van der Waals surface area contributed by atoms with Crippen LogP contribution in [-0.2, 0) is 6.54 Å². The van der Waals surface area contributed by atoms with Gasteiger partial charge in [0.25, 0.3) is 5.91 Å². The smallest absolute Gasteiger partial charge is 0.253 e. The minimum atomic E-state index is -0.0914. The highest BCUT2D eigenvalue weighted by Gasteiger charge is 2.21. The second-order valence-electron chi connectivity index (χ2n) is 6.77. The van der Waals surface area contributed by atoms with Crippen molar-refractivity contribution in [3.05, 3.63) is 47.2 Å². The number of nitrogen functional groups attached to an aromatic ring is 1. The molecular formula is C19H28Cl2N4O2. The highest BCUT2D eigenvalue weighted by atomic mass is 35.5. The third-order valence-corrected chi connectivity index (χ3v) is 4.90. The fourth-order valence-corrected chi connectivity index (χ4v) is 3.18. The Hall–Kier alpha value is -1.76. The summed E-state index contributed by atoms with van der Waals surface area (Å²) in [6, 6.07) is 7.17. The average Bonchev–Trinajstić information content (AvgIpc) is 2.92. The van der Waals surface area contributed by atoms with E-state index >= 15 is 0 Å². The molecule has 0 atom stereocenters. The van der Waals surface area contributed by atoms with Crippen molar-refractivity contribution in [2.45, 2.75) is 33.2 Å². The SMILES string of the molecule is Cc1nc(CN2CCC(CNC(=O)c3ccccc3N)CC2)oc1C.Cl.Cl. The molecule has 0 unspecified atom stereocenters. The molecule has 0 saturated carbocycles. The second kappa shape index (κ2) is 10.5. The van der Waals surface area contributed by atoms with Crippen LogP contribution in [0.15, 0.2) is 28.7 Å². The summed E-state index contributed by atoms with van der Waals surface area (Å²) in [5.41, 5.74) is 7.89. The number of anilines is 1. The van der Waals surface area contributed by atoms with Gasteiger partial charge in [-0.25, -0.2) is 4.98 Å². The lowest BCUT2D eigenvalue weighted by molar-refractivity contribution is 0.0934. The Bertz CT molecular complexity index is 724. The van der Waals surface area contributed by atoms with Gasteiger partial charge in [0.2, 0.25) is 5.89 Å². The Morgan fingerprint density at radius 3 is 2.52 bits per heavy atom. The normalized spacial score (nSPS) is 14.9. The zero-order chi connectivity index (χ0) is 17.8. The van der Waals surface area contributed by atoms with E-state index in [9.17, 15) is 4.79 Å². The number of carbonyl (C=O) groups is 1. The van der Waals surface area contributed by atoms with Crippen molar-refractivity contribution in [2.75, 3.05) is 25.4 Å². The number of para-hydroxylation sites is 1. The van der Waals surface area contributed by atoms with Gasteiger partial charge >= 0.3 is 0 Å². The summed E-state index contributed by atoms with van der Waals surface area (Å²) in [5, 5.41) is 3.02. The number of aromatic nitrogens is 1. The van der Waals surface area contributed by atoms with E-state index in [-0.39, 0.29) is 30.7 Å². The summed E-state index contributed by atoms with van der Waals surface area (Å²) in [4.78, 5) is 19.0. The van der Waals surface area contributed by atoms with E-state index in [0.717, 1.165) is 49.8 Å². The van der Waals surface area contributed by atoms with E-state index in [1.807, 2.05) is 26.0 Å². The molecular weight excluding hydrogens is 387 g/mol. The Balaban J connectivity index is 0.00000182. The van der Waals surface area contributed by atoms with Gasteiger partial charge in [0.1, 0.15) is 5.76 Å². The van der Waals surface area contributed by atoms with E-state index in [4.69, 9.17) is 10.2 Å². The van der Waals surface area contributed by atoms with E-state index in [2.05, 4.69) is 15.2 Å². The molecule has 1 aromatic heterocycles. The predicted octanol–water partition coefficient (Wildman–Crippen LogP) is 3.36. The van der Waals surface area contributed by atoms with Gasteiger partial charge in [0.15, 0.2) is 0 Å². The molecule has 1 fully saturated rings. The third-order valence-electron chi connectivity index (χ3n) is 4.90. The summed E-state index contributed by atoms with van der Waals surface area (Å²) >= 11 is 0. The van der Waals surface area contributed by atoms with Crippen LogP contribution in [0.4, 0.5) is 5.69 Å². The molecule has 2 aromatic rings. The standard InChI is InChI=1S/C19H26N4O2.2ClH/c1-13-14(2)25-18(22-13)12-23-9-7-15(8-10-23)11-21-19(24)16-5-3-4-6-17(16)20;;/h3-6,15H,7-12,20H2,1-2H3,(H,21,24);2*1H. The number of aryl methyl sites for hydroxylation is 2. The lowest BCUT2D eigenvalue weighted by atomic mass is 9.96. The van der Waals surface area contributed by atoms with Crippen LogP contribution >= 0.6 is 24.8 Å². The van der Waals surface area contributed by atoms with Crippen LogP contribution in [0.2, 0.25) is 0 Å². The van der Waals surface area contributed by atoms with Crippen LogP contribution < -0.4 is 11.1 Å². The van der Waals surface area contributed by atoms with Crippen molar-refractivity contribution < 1.29 is 9.21 Å². The summed E-state index contributed by atoms with van der Waals surface area (Å²) in [5.74, 6) is 2.10. The van der Waals surface area contributed by atoms with Gasteiger partial charge in [0.05, 0.1) is 17.8 Å². The number of nitrogens with two attached hydrogens (primary N) is 1. The largest absolute Gasteiger partial charge is 0.444 e. The molecule has 150 valence electrons. The molecule has 1 saturated heterocycles. The van der Waals surface area contributed by atoms with Crippen LogP contribution in [0.3, 0.4) is 0 Å². The van der Waals surface area contributed by atoms with E-state index in [1.165, 1.54) is 0 Å². The zero-order valence-corrected chi connectivity index (χ0v) is 17.4. The summed E-state index contributed by atoms with van der Waals surface area (Å²) in [6.07, 6.45) is 2.12. The van der Waals surface area contributed by atoms with Crippen LogP contribution in [0.25, 0.3) is 0 Å². The number of amides is 1. The lowest BCUT2D eigenvalue weighted by Gasteiger charge is -2.31. The molecule has 6 nitrogen and oxygen atoms in total. The lowest BCUT2D eigenvalue weighted by Crippen LogP contribution is -2.38. The number of oxazole rings is 1. The number of piperidine rings is 1. The average molecular weight is 415 g/mol. The maximum Gasteiger partial charge on any atom is 0.253 e. The Morgan fingerprint density at radius 1 is 1.26 bits per heavy atom. The number of halogens is 2. The van der Waals surface area contributed by atoms with Gasteiger partial charge in [0, 0.05) is 12.2 Å². The fraction of sp³-hybridized carbons (Fsp3) is 0.474. The van der Waals surface area contributed by atoms with Crippen LogP contribution in [0.5, 0.6) is 0 Å². The van der Waals surface area contributed by atoms with Crippen LogP contribution in [-0.4, -0.2) is 35.4 Å². The number of likely N-dealkylation sites (tertiary alicyclic amines) is 1. The monoisotopic (exact) mass is 414 g/mol. The van der Waals surface area contributed by atoms with Gasteiger partial charge in [-0.1, -0.05) is 12.1 Å². The number of nitrogens with zero attached hydrogens (tertiary/aromatic N) is 2. The first kappa shape index (κ1) is 23.3. The van der Waals surface area contributed by atoms with Gasteiger partial charge in [-0.2, -0.15) is 0 Å². The van der Waals surface area contributed by atoms with Crippen LogP contribution in [0.1, 0.15) is 40.5 Å². The summed E-state index contributed by atoms with van der Waals surface area (Å²) < 4.78 is 5.66. The van der Waals surface area contributed by atoms with Gasteiger partial charge in [-0.05, 0) is 57.8 Å². The van der Waals surface area contributed by atoms with Crippen molar-refractivity contribution in [2.24, 2.45) is 5.92 Å². The molecule has 1 amide bonds. The van der Waals surface area contributed by atoms with E-state index in [0.29, 0.717) is 23.7 Å². The number of rotatable bonds is 5. The number of hydrogen-bond donors (Lipinski definition) is 2. The molecule has 2 heterocycles. The Morgan fingerprint density at radius 2 is 1.93 bits per heavy atom. The van der Waals surface area contributed by atoms with Crippen molar-refractivity contribution in [1.29, 1.82) is 0 Å². The predicted molar refractivity (Wildman–Crippen MR) is 112 cm³/mol. The molecule has 1 aliphatic rings. The quantitative estimate of drug-likeness (QED) is 0.732. The van der Waals surface area contributed by atoms with Crippen molar-refractivity contribution in [1.82, 2.24) is 15.2 Å². The molecule has 3 N–H and O–H groups in total. The van der Waals surface area contributed by atoms with Gasteiger partial charge in [-0.3, -0.25) is 9.69 Å². The highest BCUT2D eigenvalue weighted by Crippen LogP contribution is 2.19. The van der Waals surface area contributed by atoms with Gasteiger partial charge < -0.3 is 15.5 Å². The molecule has 0 bridgehead atoms. The molecule has 0 spiro atoms. The summed E-state index contributed by atoms with van der Waals surface area (Å²) in [6.45, 7) is 7.35. The number of nitrogens with one attached hydrogen (secondary N) is 1. The van der Waals surface area contributed by atoms with Gasteiger partial charge in [-0.15, -0.1) is 24.8 Å². The molecule has 0 radical (unpaired) electrons. The van der Waals surface area contributed by atoms with Crippen molar-refractivity contribution in [3.63, 3.8) is 0 Å². The minimum Gasteiger partial charge on any atom is -0.444 e. The molecule has 1 aromatic carbocycles. The van der Waals surface area contributed by atoms with Crippen LogP contribution in [0, 0.1) is 19.8 Å². The number of benzene rings is 1. The maximum absolute atomic E-state index is 12.2. The third kappa shape index (κ3) is 6.13. The second-order valence-corrected chi connectivity index (χ2v) is 6.77. The zero-order valence-electron chi connectivity index (χ0n) is 15.7. The first-order chi connectivity index (χ1) is 12.0. The molecule has 3 rings (SSSR count). The molecule has 0 aliphatic carbocycles. The highest BCUT2D eigenvalue weighted by molar-refractivity contribution is 5.99. The summed E-state index contributed by atoms with van der Waals surface area (Å²) in [7, 11) is 0. The Kier molecular flexibility index (Phi) is 9.09. The maximum atomic E-state index is 12.2. The molecule has 1 aliphatic heterocycles. The number of hydrogen-bond acceptors (Lipinski definition) is 5. The Labute approximate surface area is 172 Å². The molecule has 27 heavy (non-hydrogen) atoms. The first-order valence-electron chi connectivity index (χ1n) is 8.81. The fourth-order valence-electron chi connectivity index (χ4n) is 3.18. The topological polar surface area (TPSA) is 84.4 Å². The molecule has 8 heteroatoms. The minimum absolute atomic E-state index is 0. The number of carbonyl (C=O) groups excluding carboxylic acids is 1. The van der Waals surface area contributed by atoms with Crippen molar-refractivity contribution >= 4 is 36.4 Å². The first-order valence-corrected chi connectivity index (χ1v) is 8.81.